The highest BCUT2D eigenvalue weighted by molar-refractivity contribution is 5.42. The molecule has 0 spiro atoms. The molecule has 0 aliphatic rings. The summed E-state index contributed by atoms with van der Waals surface area (Å²) in [5.74, 6) is 4.00. The second kappa shape index (κ2) is 5.92. The van der Waals surface area contributed by atoms with Gasteiger partial charge in [-0.3, -0.25) is 5.43 Å². The molecule has 0 atom stereocenters. The van der Waals surface area contributed by atoms with Gasteiger partial charge in [0.1, 0.15) is 0 Å². The number of nitrogens with zero attached hydrogens (tertiary/aromatic N) is 2. The van der Waals surface area contributed by atoms with Crippen LogP contribution >= 0.6 is 0 Å². The molecule has 1 heterocycles. The van der Waals surface area contributed by atoms with Crippen LogP contribution in [0.3, 0.4) is 0 Å². The van der Waals surface area contributed by atoms with E-state index in [9.17, 15) is 17.6 Å². The van der Waals surface area contributed by atoms with E-state index in [1.165, 1.54) is 18.2 Å². The third-order valence-electron chi connectivity index (χ3n) is 2.64. The van der Waals surface area contributed by atoms with Crippen molar-refractivity contribution >= 4 is 11.8 Å². The van der Waals surface area contributed by atoms with Crippen LogP contribution < -0.4 is 16.6 Å². The fourth-order valence-electron chi connectivity index (χ4n) is 1.69. The van der Waals surface area contributed by atoms with Crippen molar-refractivity contribution in [1.82, 2.24) is 9.97 Å². The van der Waals surface area contributed by atoms with Crippen LogP contribution in [0.25, 0.3) is 0 Å². The van der Waals surface area contributed by atoms with E-state index < -0.39 is 17.6 Å². The zero-order valence-corrected chi connectivity index (χ0v) is 10.6. The van der Waals surface area contributed by atoms with Gasteiger partial charge >= 0.3 is 6.18 Å². The molecule has 4 N–H and O–H groups in total. The van der Waals surface area contributed by atoms with Crippen molar-refractivity contribution in [2.24, 2.45) is 5.84 Å². The summed E-state index contributed by atoms with van der Waals surface area (Å²) in [6, 6.07) is 5.01. The quantitative estimate of drug-likeness (QED) is 0.459. The SMILES string of the molecule is NNc1ncc(F)c(NCc2ccccc2C(F)(F)F)n1. The molecular formula is C12H11F4N5. The fourth-order valence-corrected chi connectivity index (χ4v) is 1.69. The van der Waals surface area contributed by atoms with Gasteiger partial charge in [0.05, 0.1) is 11.8 Å². The molecule has 0 amide bonds. The van der Waals surface area contributed by atoms with Crippen LogP contribution in [-0.4, -0.2) is 9.97 Å². The Bertz CT molecular complexity index is 629. The predicted octanol–water partition coefficient (Wildman–Crippen LogP) is 2.53. The zero-order valence-electron chi connectivity index (χ0n) is 10.6. The normalized spacial score (nSPS) is 11.3. The number of benzene rings is 1. The summed E-state index contributed by atoms with van der Waals surface area (Å²) < 4.78 is 51.9. The number of hydrogen-bond donors (Lipinski definition) is 3. The lowest BCUT2D eigenvalue weighted by molar-refractivity contribution is -0.138. The van der Waals surface area contributed by atoms with Crippen molar-refractivity contribution in [3.63, 3.8) is 0 Å². The van der Waals surface area contributed by atoms with Gasteiger partial charge in [-0.25, -0.2) is 15.2 Å². The van der Waals surface area contributed by atoms with Crippen LogP contribution in [0.5, 0.6) is 0 Å². The summed E-state index contributed by atoms with van der Waals surface area (Å²) >= 11 is 0. The van der Waals surface area contributed by atoms with Gasteiger partial charge in [0, 0.05) is 6.54 Å². The maximum atomic E-state index is 13.5. The first kappa shape index (κ1) is 15.0. The number of hydrazine groups is 1. The van der Waals surface area contributed by atoms with E-state index in [1.807, 2.05) is 0 Å². The minimum absolute atomic E-state index is 0.0229. The first-order chi connectivity index (χ1) is 9.91. The van der Waals surface area contributed by atoms with Crippen molar-refractivity contribution in [3.05, 3.63) is 47.4 Å². The lowest BCUT2D eigenvalue weighted by atomic mass is 10.1. The van der Waals surface area contributed by atoms with Gasteiger partial charge in [-0.2, -0.15) is 18.2 Å². The molecule has 112 valence electrons. The number of halogens is 4. The lowest BCUT2D eigenvalue weighted by Gasteiger charge is -2.13. The summed E-state index contributed by atoms with van der Waals surface area (Å²) in [5, 5.41) is 2.49. The van der Waals surface area contributed by atoms with E-state index in [2.05, 4.69) is 20.7 Å². The van der Waals surface area contributed by atoms with Crippen LogP contribution in [0.2, 0.25) is 0 Å². The average molecular weight is 301 g/mol. The Labute approximate surface area is 117 Å². The predicted molar refractivity (Wildman–Crippen MR) is 68.6 cm³/mol. The van der Waals surface area contributed by atoms with Gasteiger partial charge < -0.3 is 5.32 Å². The molecule has 0 aliphatic carbocycles. The molecule has 0 saturated heterocycles. The van der Waals surface area contributed by atoms with Crippen LogP contribution in [0.15, 0.2) is 30.5 Å². The topological polar surface area (TPSA) is 75.9 Å². The zero-order chi connectivity index (χ0) is 15.5. The van der Waals surface area contributed by atoms with E-state index in [1.54, 1.807) is 0 Å². The molecule has 0 bridgehead atoms. The maximum absolute atomic E-state index is 13.5. The Morgan fingerprint density at radius 3 is 2.57 bits per heavy atom. The number of alkyl halides is 3. The molecule has 9 heteroatoms. The third-order valence-corrected chi connectivity index (χ3v) is 2.64. The molecule has 2 aromatic rings. The number of nitrogens with two attached hydrogens (primary N) is 1. The molecule has 0 fully saturated rings. The summed E-state index contributed by atoms with van der Waals surface area (Å²) in [7, 11) is 0. The summed E-state index contributed by atoms with van der Waals surface area (Å²) in [6.45, 7) is -0.242. The molecule has 1 aromatic heterocycles. The summed E-state index contributed by atoms with van der Waals surface area (Å²) in [4.78, 5) is 7.21. The second-order valence-electron chi connectivity index (χ2n) is 4.04. The van der Waals surface area contributed by atoms with E-state index in [0.29, 0.717) is 0 Å². The van der Waals surface area contributed by atoms with E-state index >= 15 is 0 Å². The molecule has 0 unspecified atom stereocenters. The molecule has 0 aliphatic heterocycles. The Morgan fingerprint density at radius 1 is 1.19 bits per heavy atom. The minimum atomic E-state index is -4.48. The Morgan fingerprint density at radius 2 is 1.90 bits per heavy atom. The van der Waals surface area contributed by atoms with Crippen LogP contribution in [0, 0.1) is 5.82 Å². The smallest absolute Gasteiger partial charge is 0.363 e. The number of nitrogens with one attached hydrogen (secondary N) is 2. The number of aromatic nitrogens is 2. The van der Waals surface area contributed by atoms with Gasteiger partial charge in [0.25, 0.3) is 0 Å². The van der Waals surface area contributed by atoms with Crippen LogP contribution in [0.4, 0.5) is 29.3 Å². The maximum Gasteiger partial charge on any atom is 0.416 e. The second-order valence-corrected chi connectivity index (χ2v) is 4.04. The summed E-state index contributed by atoms with van der Waals surface area (Å²) in [5.41, 5.74) is 1.31. The number of nitrogen functional groups attached to an aromatic ring is 1. The van der Waals surface area contributed by atoms with E-state index in [4.69, 9.17) is 5.84 Å². The molecule has 1 aromatic carbocycles. The van der Waals surface area contributed by atoms with Crippen molar-refractivity contribution in [1.29, 1.82) is 0 Å². The molecule has 0 saturated carbocycles. The third kappa shape index (κ3) is 3.57. The Kier molecular flexibility index (Phi) is 4.22. The van der Waals surface area contributed by atoms with Crippen molar-refractivity contribution in [2.45, 2.75) is 12.7 Å². The van der Waals surface area contributed by atoms with Crippen molar-refractivity contribution in [2.75, 3.05) is 10.7 Å². The Hall–Kier alpha value is -2.42. The highest BCUT2D eigenvalue weighted by Gasteiger charge is 2.32. The monoisotopic (exact) mass is 301 g/mol. The summed E-state index contributed by atoms with van der Waals surface area (Å²) in [6.07, 6.45) is -3.62. The minimum Gasteiger partial charge on any atom is -0.363 e. The largest absolute Gasteiger partial charge is 0.416 e. The lowest BCUT2D eigenvalue weighted by Crippen LogP contribution is -2.15. The molecule has 2 rings (SSSR count). The molecular weight excluding hydrogens is 290 g/mol. The van der Waals surface area contributed by atoms with Gasteiger partial charge in [-0.15, -0.1) is 0 Å². The number of hydrogen-bond acceptors (Lipinski definition) is 5. The van der Waals surface area contributed by atoms with Gasteiger partial charge in [0.2, 0.25) is 5.95 Å². The standard InChI is InChI=1S/C12H11F4N5/c13-9-6-19-11(21-17)20-10(9)18-5-7-3-1-2-4-8(7)12(14,15)16/h1-4,6H,5,17H2,(H2,18,19,20,21). The van der Waals surface area contributed by atoms with Crippen LogP contribution in [-0.2, 0) is 12.7 Å². The molecule has 21 heavy (non-hydrogen) atoms. The number of rotatable bonds is 4. The van der Waals surface area contributed by atoms with Gasteiger partial charge in [-0.05, 0) is 11.6 Å². The van der Waals surface area contributed by atoms with Crippen molar-refractivity contribution in [3.8, 4) is 0 Å². The first-order valence-electron chi connectivity index (χ1n) is 5.80. The fraction of sp³-hybridized carbons (Fsp3) is 0.167. The van der Waals surface area contributed by atoms with Crippen molar-refractivity contribution < 1.29 is 17.6 Å². The highest BCUT2D eigenvalue weighted by Crippen LogP contribution is 2.32. The van der Waals surface area contributed by atoms with E-state index in [-0.39, 0.29) is 23.9 Å². The number of anilines is 2. The van der Waals surface area contributed by atoms with Gasteiger partial charge in [0.15, 0.2) is 11.6 Å². The molecule has 5 nitrogen and oxygen atoms in total. The molecule has 0 radical (unpaired) electrons. The highest BCUT2D eigenvalue weighted by atomic mass is 19.4. The van der Waals surface area contributed by atoms with E-state index in [0.717, 1.165) is 12.3 Å². The Balaban J connectivity index is 2.21. The first-order valence-corrected chi connectivity index (χ1v) is 5.80. The average Bonchev–Trinajstić information content (AvgIpc) is 2.46. The van der Waals surface area contributed by atoms with Gasteiger partial charge in [-0.1, -0.05) is 18.2 Å². The van der Waals surface area contributed by atoms with Crippen LogP contribution in [0.1, 0.15) is 11.1 Å².